The van der Waals surface area contributed by atoms with E-state index in [4.69, 9.17) is 22.5 Å². The van der Waals surface area contributed by atoms with Crippen LogP contribution in [0.5, 0.6) is 0 Å². The van der Waals surface area contributed by atoms with Crippen molar-refractivity contribution in [2.45, 2.75) is 11.9 Å². The van der Waals surface area contributed by atoms with Gasteiger partial charge in [-0.3, -0.25) is 4.79 Å². The van der Waals surface area contributed by atoms with Gasteiger partial charge in [0.15, 0.2) is 0 Å². The number of nitriles is 1. The number of aliphatic carboxylic acids is 1. The molecule has 1 N–H and O–H groups in total. The van der Waals surface area contributed by atoms with E-state index in [0.29, 0.717) is 5.56 Å². The molecule has 4 rings (SSSR count). The van der Waals surface area contributed by atoms with Gasteiger partial charge in [0.2, 0.25) is 0 Å². The third-order valence-electron chi connectivity index (χ3n) is 3.94. The average Bonchev–Trinajstić information content (AvgIpc) is 2.96. The molecule has 0 spiro atoms. The molecule has 0 atom stereocenters. The normalized spacial score (nSPS) is 9.78. The zero-order valence-electron chi connectivity index (χ0n) is 15.0. The van der Waals surface area contributed by atoms with Gasteiger partial charge in [-0.15, -0.1) is 5.03 Å². The Bertz CT molecular complexity index is 1160. The molecule has 0 amide bonds. The number of hydrogen-bond acceptors (Lipinski definition) is 3. The molecule has 4 aromatic rings. The van der Waals surface area contributed by atoms with Crippen molar-refractivity contribution in [2.24, 2.45) is 0 Å². The van der Waals surface area contributed by atoms with E-state index in [1.165, 1.54) is 0 Å². The predicted molar refractivity (Wildman–Crippen MR) is 104 cm³/mol. The third-order valence-corrected chi connectivity index (χ3v) is 4.24. The summed E-state index contributed by atoms with van der Waals surface area (Å²) in [7, 11) is 0. The SMILES string of the molecule is CC(=O)O.N#Cc1ccc(-n2c([S-])cc3ccccc32)c2ccccc12.[Na+]. The molecule has 1 heterocycles. The standard InChI is InChI=1S/C19H12N2S.C2H4O2.Na/c20-12-14-9-10-18(16-7-3-2-6-15(14)16)21-17-8-4-1-5-13(17)11-19(21)22;1-2(3)4;/h1-11,22H;1H3,(H,3,4);/q;;+1/p-1. The summed E-state index contributed by atoms with van der Waals surface area (Å²) in [6.45, 7) is 1.08. The molecule has 0 unspecified atom stereocenters. The second-order valence-corrected chi connectivity index (χ2v) is 6.10. The fraction of sp³-hybridized carbons (Fsp3) is 0.0476. The molecule has 0 bridgehead atoms. The van der Waals surface area contributed by atoms with Crippen LogP contribution in [0.25, 0.3) is 27.4 Å². The van der Waals surface area contributed by atoms with Gasteiger partial charge in [-0.25, -0.2) is 0 Å². The van der Waals surface area contributed by atoms with E-state index in [2.05, 4.69) is 22.8 Å². The van der Waals surface area contributed by atoms with E-state index in [1.807, 2.05) is 54.6 Å². The monoisotopic (exact) mass is 382 g/mol. The Kier molecular flexibility index (Phi) is 7.00. The van der Waals surface area contributed by atoms with Gasteiger partial charge in [-0.05, 0) is 23.6 Å². The molecule has 6 heteroatoms. The van der Waals surface area contributed by atoms with Crippen molar-refractivity contribution in [1.29, 1.82) is 5.26 Å². The van der Waals surface area contributed by atoms with Crippen molar-refractivity contribution < 1.29 is 39.5 Å². The molecule has 4 nitrogen and oxygen atoms in total. The van der Waals surface area contributed by atoms with Gasteiger partial charge in [-0.2, -0.15) is 5.26 Å². The minimum Gasteiger partial charge on any atom is -0.762 e. The van der Waals surface area contributed by atoms with E-state index in [-0.39, 0.29) is 29.6 Å². The number of nitrogens with zero attached hydrogens (tertiary/aromatic N) is 2. The number of aromatic nitrogens is 1. The Labute approximate surface area is 184 Å². The number of rotatable bonds is 1. The summed E-state index contributed by atoms with van der Waals surface area (Å²) in [5, 5.41) is 20.6. The molecule has 0 aliphatic heterocycles. The minimum atomic E-state index is -0.833. The van der Waals surface area contributed by atoms with Crippen LogP contribution >= 0.6 is 0 Å². The molecule has 27 heavy (non-hydrogen) atoms. The minimum absolute atomic E-state index is 0. The Hall–Kier alpha value is -2.36. The van der Waals surface area contributed by atoms with Gasteiger partial charge in [0.25, 0.3) is 5.97 Å². The van der Waals surface area contributed by atoms with E-state index in [9.17, 15) is 5.26 Å². The maximum absolute atomic E-state index is 9.31. The first-order valence-corrected chi connectivity index (χ1v) is 8.33. The van der Waals surface area contributed by atoms with Gasteiger partial charge < -0.3 is 22.3 Å². The largest absolute Gasteiger partial charge is 1.00 e. The maximum atomic E-state index is 9.31. The van der Waals surface area contributed by atoms with Crippen LogP contribution in [0.3, 0.4) is 0 Å². The zero-order chi connectivity index (χ0) is 18.7. The van der Waals surface area contributed by atoms with Crippen LogP contribution in [0.2, 0.25) is 0 Å². The predicted octanol–water partition coefficient (Wildman–Crippen LogP) is 1.66. The molecule has 3 aromatic carbocycles. The summed E-state index contributed by atoms with van der Waals surface area (Å²) in [6, 6.07) is 24.2. The Balaban J connectivity index is 0.000000479. The number of fused-ring (bicyclic) bond motifs is 2. The van der Waals surface area contributed by atoms with Crippen LogP contribution in [0.1, 0.15) is 12.5 Å². The number of para-hydroxylation sites is 1. The molecule has 0 saturated heterocycles. The summed E-state index contributed by atoms with van der Waals surface area (Å²) in [4.78, 5) is 9.00. The summed E-state index contributed by atoms with van der Waals surface area (Å²) in [5.41, 5.74) is 2.78. The van der Waals surface area contributed by atoms with Gasteiger partial charge in [0, 0.05) is 17.7 Å². The quantitative estimate of drug-likeness (QED) is 0.402. The molecular weight excluding hydrogens is 367 g/mol. The van der Waals surface area contributed by atoms with E-state index in [1.54, 1.807) is 0 Å². The van der Waals surface area contributed by atoms with E-state index < -0.39 is 5.97 Å². The molecule has 0 saturated carbocycles. The van der Waals surface area contributed by atoms with Gasteiger partial charge in [-0.1, -0.05) is 48.5 Å². The van der Waals surface area contributed by atoms with Crippen LogP contribution < -0.4 is 29.6 Å². The molecule has 0 fully saturated rings. The first kappa shape index (κ1) is 20.9. The Morgan fingerprint density at radius 2 is 1.63 bits per heavy atom. The second-order valence-electron chi connectivity index (χ2n) is 5.69. The second kappa shape index (κ2) is 9.03. The van der Waals surface area contributed by atoms with E-state index in [0.717, 1.165) is 39.3 Å². The summed E-state index contributed by atoms with van der Waals surface area (Å²) in [5.74, 6) is -0.833. The van der Waals surface area contributed by atoms with Crippen molar-refractivity contribution in [3.8, 4) is 11.8 Å². The van der Waals surface area contributed by atoms with E-state index >= 15 is 0 Å². The van der Waals surface area contributed by atoms with Gasteiger partial charge >= 0.3 is 29.6 Å². The fourth-order valence-corrected chi connectivity index (χ4v) is 3.28. The third kappa shape index (κ3) is 4.32. The van der Waals surface area contributed by atoms with Crippen LogP contribution in [0.4, 0.5) is 0 Å². The van der Waals surface area contributed by atoms with Crippen LogP contribution in [-0.4, -0.2) is 15.6 Å². The maximum Gasteiger partial charge on any atom is 1.00 e. The Morgan fingerprint density at radius 3 is 2.30 bits per heavy atom. The van der Waals surface area contributed by atoms with Gasteiger partial charge in [0.05, 0.1) is 22.8 Å². The van der Waals surface area contributed by atoms with Crippen molar-refractivity contribution in [3.63, 3.8) is 0 Å². The summed E-state index contributed by atoms with van der Waals surface area (Å²) < 4.78 is 2.08. The Morgan fingerprint density at radius 1 is 1.04 bits per heavy atom. The van der Waals surface area contributed by atoms with Crippen LogP contribution in [0, 0.1) is 11.3 Å². The average molecular weight is 382 g/mol. The van der Waals surface area contributed by atoms with Crippen molar-refractivity contribution in [2.75, 3.05) is 0 Å². The van der Waals surface area contributed by atoms with Crippen molar-refractivity contribution in [3.05, 3.63) is 72.3 Å². The topological polar surface area (TPSA) is 66.0 Å². The number of carbonyl (C=O) groups is 1. The van der Waals surface area contributed by atoms with Crippen LogP contribution in [0.15, 0.2) is 71.8 Å². The van der Waals surface area contributed by atoms with Crippen molar-refractivity contribution in [1.82, 2.24) is 4.57 Å². The first-order chi connectivity index (χ1) is 12.5. The summed E-state index contributed by atoms with van der Waals surface area (Å²) >= 11 is 5.56. The van der Waals surface area contributed by atoms with Gasteiger partial charge in [0.1, 0.15) is 0 Å². The molecule has 1 aromatic heterocycles. The molecular formula is C21H15N2NaO2S. The first-order valence-electron chi connectivity index (χ1n) is 7.92. The number of benzene rings is 3. The fourth-order valence-electron chi connectivity index (χ4n) is 2.95. The number of hydrogen-bond donors (Lipinski definition) is 1. The summed E-state index contributed by atoms with van der Waals surface area (Å²) in [6.07, 6.45) is 0. The number of carboxylic acids is 1. The molecule has 128 valence electrons. The van der Waals surface area contributed by atoms with Crippen LogP contribution in [-0.2, 0) is 17.4 Å². The molecule has 0 radical (unpaired) electrons. The smallest absolute Gasteiger partial charge is 0.762 e. The molecule has 0 aliphatic carbocycles. The number of carboxylic acid groups (broad SMARTS) is 1. The van der Waals surface area contributed by atoms with Crippen molar-refractivity contribution >= 4 is 40.3 Å². The zero-order valence-corrected chi connectivity index (χ0v) is 17.8. The molecule has 0 aliphatic rings.